The van der Waals surface area contributed by atoms with E-state index in [0.29, 0.717) is 28.4 Å². The van der Waals surface area contributed by atoms with Gasteiger partial charge in [0.25, 0.3) is 10.0 Å². The number of carbonyl (C=O) groups is 1. The van der Waals surface area contributed by atoms with Gasteiger partial charge in [-0.2, -0.15) is 0 Å². The quantitative estimate of drug-likeness (QED) is 0.0618. The number of piperidine rings is 1. The Labute approximate surface area is 404 Å². The highest BCUT2D eigenvalue weighted by Crippen LogP contribution is 2.41. The molecule has 2 aliphatic heterocycles. The van der Waals surface area contributed by atoms with Gasteiger partial charge in [0.2, 0.25) is 0 Å². The van der Waals surface area contributed by atoms with E-state index in [1.807, 2.05) is 98.4 Å². The maximum atomic E-state index is 13.7. The van der Waals surface area contributed by atoms with Gasteiger partial charge in [-0.3, -0.25) is 4.72 Å². The normalized spacial score (nSPS) is 15.4. The molecule has 14 heteroatoms. The number of anilines is 4. The Morgan fingerprint density at radius 2 is 1.48 bits per heavy atom. The third-order valence-corrected chi connectivity index (χ3v) is 15.8. The average molecular weight is 962 g/mol. The van der Waals surface area contributed by atoms with Crippen LogP contribution < -0.4 is 19.8 Å². The molecule has 2 aliphatic rings. The van der Waals surface area contributed by atoms with E-state index in [1.54, 1.807) is 12.1 Å². The zero-order chi connectivity index (χ0) is 47.1. The summed E-state index contributed by atoms with van der Waals surface area (Å²) in [4.78, 5) is 21.3. The number of halogens is 1. The molecule has 1 atom stereocenters. The Kier molecular flexibility index (Phi) is 15.5. The van der Waals surface area contributed by atoms with E-state index in [2.05, 4.69) is 72.6 Å². The first kappa shape index (κ1) is 48.0. The molecule has 67 heavy (non-hydrogen) atoms. The van der Waals surface area contributed by atoms with Crippen LogP contribution in [0.1, 0.15) is 54.2 Å². The van der Waals surface area contributed by atoms with E-state index in [4.69, 9.17) is 11.6 Å². The number of thioether (sulfide) groups is 1. The van der Waals surface area contributed by atoms with E-state index >= 15 is 0 Å². The number of sulfonamides is 1. The summed E-state index contributed by atoms with van der Waals surface area (Å²) in [5.74, 6) is -0.0894. The Hall–Kier alpha value is -5.44. The fourth-order valence-corrected chi connectivity index (χ4v) is 11.6. The van der Waals surface area contributed by atoms with Gasteiger partial charge in [0.05, 0.1) is 22.3 Å². The van der Waals surface area contributed by atoms with Crippen LogP contribution in [0, 0.1) is 13.8 Å². The van der Waals surface area contributed by atoms with Crippen LogP contribution in [0.2, 0.25) is 5.02 Å². The number of likely N-dealkylation sites (tertiary alicyclic amines) is 1. The molecule has 4 N–H and O–H groups in total. The van der Waals surface area contributed by atoms with Gasteiger partial charge in [0.1, 0.15) is 0 Å². The average Bonchev–Trinajstić information content (AvgIpc) is 3.63. The molecule has 5 aromatic carbocycles. The van der Waals surface area contributed by atoms with Crippen LogP contribution >= 0.6 is 23.4 Å². The summed E-state index contributed by atoms with van der Waals surface area (Å²) >= 11 is 8.08. The number of hydrogen-bond donors (Lipinski definition) is 4. The fraction of sp³-hybridized carbons (Fsp3) is 0.340. The van der Waals surface area contributed by atoms with Gasteiger partial charge in [-0.15, -0.1) is 11.8 Å². The number of aliphatic hydroxyl groups excluding tert-OH is 1. The highest BCUT2D eigenvalue weighted by molar-refractivity contribution is 7.99. The second kappa shape index (κ2) is 21.7. The van der Waals surface area contributed by atoms with Crippen LogP contribution in [0.4, 0.5) is 22.7 Å². The van der Waals surface area contributed by atoms with Gasteiger partial charge in [0.15, 0.2) is 0 Å². The number of piperazine rings is 1. The van der Waals surface area contributed by atoms with Crippen molar-refractivity contribution >= 4 is 62.1 Å². The molecule has 11 nitrogen and oxygen atoms in total. The number of benzene rings is 5. The molecule has 0 unspecified atom stereocenters. The summed E-state index contributed by atoms with van der Waals surface area (Å²) < 4.78 is 32.3. The lowest BCUT2D eigenvalue weighted by atomic mass is 9.96. The SMILES string of the molecule is CCCn1c(C)c(C(=O)O)c(-c2cccc(N3CCN(c4ccc(NS(=O)(=O)c5ccc(N[C@H](CCN6CCC(O)CC6)CSc6ccccc6)c(C)c5)cc4)CC3)c2)c1-c1ccc(Cl)cc1. The van der Waals surface area contributed by atoms with E-state index < -0.39 is 16.0 Å². The first-order chi connectivity index (χ1) is 32.4. The summed E-state index contributed by atoms with van der Waals surface area (Å²) in [5.41, 5.74) is 8.69. The van der Waals surface area contributed by atoms with Gasteiger partial charge in [0, 0.05) is 108 Å². The van der Waals surface area contributed by atoms with Gasteiger partial charge >= 0.3 is 5.97 Å². The Bertz CT molecular complexity index is 2740. The number of aliphatic hydroxyl groups is 1. The third kappa shape index (κ3) is 11.6. The predicted molar refractivity (Wildman–Crippen MR) is 276 cm³/mol. The number of carboxylic acids is 1. The second-order valence-corrected chi connectivity index (χ2v) is 20.8. The van der Waals surface area contributed by atoms with E-state index in [0.717, 1.165) is 122 Å². The lowest BCUT2D eigenvalue weighted by Crippen LogP contribution is -2.46. The van der Waals surface area contributed by atoms with E-state index in [9.17, 15) is 23.4 Å². The van der Waals surface area contributed by atoms with Gasteiger partial charge in [-0.25, -0.2) is 13.2 Å². The largest absolute Gasteiger partial charge is 0.478 e. The molecule has 2 fully saturated rings. The number of nitrogens with one attached hydrogen (secondary N) is 2. The van der Waals surface area contributed by atoms with Crippen molar-refractivity contribution in [3.63, 3.8) is 0 Å². The van der Waals surface area contributed by atoms with Crippen LogP contribution in [0.5, 0.6) is 0 Å². The number of rotatable bonds is 18. The van der Waals surface area contributed by atoms with Crippen molar-refractivity contribution in [1.82, 2.24) is 9.47 Å². The summed E-state index contributed by atoms with van der Waals surface area (Å²) in [6, 6.07) is 39.1. The maximum Gasteiger partial charge on any atom is 0.338 e. The smallest absolute Gasteiger partial charge is 0.338 e. The molecule has 6 aromatic rings. The minimum absolute atomic E-state index is 0.159. The molecule has 0 bridgehead atoms. The molecular formula is C53H61ClN6O5S2. The van der Waals surface area contributed by atoms with Gasteiger partial charge in [-0.05, 0) is 135 Å². The molecule has 0 spiro atoms. The van der Waals surface area contributed by atoms with Crippen LogP contribution in [-0.4, -0.2) is 97.8 Å². The summed E-state index contributed by atoms with van der Waals surface area (Å²) in [6.45, 7) is 12.4. The highest BCUT2D eigenvalue weighted by Gasteiger charge is 2.28. The number of nitrogens with zero attached hydrogens (tertiary/aromatic N) is 4. The van der Waals surface area contributed by atoms with Crippen molar-refractivity contribution in [3.05, 3.63) is 143 Å². The zero-order valence-electron chi connectivity index (χ0n) is 38.5. The molecule has 0 radical (unpaired) electrons. The fourth-order valence-electron chi connectivity index (χ4n) is 9.30. The molecule has 0 saturated carbocycles. The molecule has 3 heterocycles. The Morgan fingerprint density at radius 1 is 0.791 bits per heavy atom. The molecule has 352 valence electrons. The molecule has 8 rings (SSSR count). The number of aryl methyl sites for hydroxylation is 1. The third-order valence-electron chi connectivity index (χ3n) is 13.0. The van der Waals surface area contributed by atoms with Crippen LogP contribution in [-0.2, 0) is 16.6 Å². The predicted octanol–water partition coefficient (Wildman–Crippen LogP) is 10.7. The van der Waals surface area contributed by atoms with Crippen LogP contribution in [0.25, 0.3) is 22.4 Å². The molecule has 0 aliphatic carbocycles. The number of aromatic carboxylic acids is 1. The minimum atomic E-state index is -3.86. The number of hydrogen-bond acceptors (Lipinski definition) is 9. The molecule has 1 aromatic heterocycles. The van der Waals surface area contributed by atoms with Crippen LogP contribution in [0.3, 0.4) is 0 Å². The first-order valence-corrected chi connectivity index (χ1v) is 26.1. The lowest BCUT2D eigenvalue weighted by Gasteiger charge is -2.37. The molecule has 0 amide bonds. The summed E-state index contributed by atoms with van der Waals surface area (Å²) in [7, 11) is -3.86. The summed E-state index contributed by atoms with van der Waals surface area (Å²) in [5, 5.41) is 24.9. The monoisotopic (exact) mass is 960 g/mol. The van der Waals surface area contributed by atoms with E-state index in [-0.39, 0.29) is 17.0 Å². The van der Waals surface area contributed by atoms with Gasteiger partial charge < -0.3 is 34.8 Å². The Balaban J connectivity index is 0.903. The Morgan fingerprint density at radius 3 is 2.13 bits per heavy atom. The van der Waals surface area contributed by atoms with Crippen molar-refractivity contribution in [2.24, 2.45) is 0 Å². The second-order valence-electron chi connectivity index (χ2n) is 17.6. The molecule has 2 saturated heterocycles. The molecular weight excluding hydrogens is 900 g/mol. The first-order valence-electron chi connectivity index (χ1n) is 23.3. The highest BCUT2D eigenvalue weighted by atomic mass is 35.5. The van der Waals surface area contributed by atoms with Crippen molar-refractivity contribution in [1.29, 1.82) is 0 Å². The minimum Gasteiger partial charge on any atom is -0.478 e. The standard InChI is InChI=1S/C53H61ClN6O5S2/c1-4-26-60-38(3)50(53(62)63)51(52(60)39-13-15-41(54)16-14-39)40-9-8-10-45(35-40)59-32-30-58(31-33-59)44-19-17-42(18-20-44)56-67(64,65)48-21-22-49(37(2)34-48)55-43(36-66-47-11-6-5-7-12-47)23-27-57-28-24-46(61)25-29-57/h5-22,34-35,43,46,55-56,61H,4,23-33,36H2,1-3H3,(H,62,63)/t43-/m1/s1. The summed E-state index contributed by atoms with van der Waals surface area (Å²) in [6.07, 6.45) is 3.20. The van der Waals surface area contributed by atoms with Crippen molar-refractivity contribution in [3.8, 4) is 22.4 Å². The maximum absolute atomic E-state index is 13.7. The van der Waals surface area contributed by atoms with Crippen molar-refractivity contribution in [2.75, 3.05) is 71.4 Å². The number of aromatic nitrogens is 1. The van der Waals surface area contributed by atoms with Crippen molar-refractivity contribution < 1.29 is 23.4 Å². The van der Waals surface area contributed by atoms with E-state index in [1.165, 1.54) is 4.90 Å². The van der Waals surface area contributed by atoms with Crippen molar-refractivity contribution in [2.45, 2.75) is 74.9 Å². The van der Waals surface area contributed by atoms with Crippen LogP contribution in [0.15, 0.2) is 131 Å². The zero-order valence-corrected chi connectivity index (χ0v) is 40.9. The lowest BCUT2D eigenvalue weighted by molar-refractivity contribution is 0.0696. The number of carboxylic acid groups (broad SMARTS) is 1. The topological polar surface area (TPSA) is 130 Å². The van der Waals surface area contributed by atoms with Gasteiger partial charge in [-0.1, -0.05) is 61.0 Å².